The third kappa shape index (κ3) is 4.65. The maximum Gasteiger partial charge on any atom is 0.251 e. The predicted molar refractivity (Wildman–Crippen MR) is 82.7 cm³/mol. The molecule has 1 aromatic rings. The van der Waals surface area contributed by atoms with Crippen molar-refractivity contribution in [2.75, 3.05) is 11.6 Å². The molecule has 100 valence electrons. The van der Waals surface area contributed by atoms with Gasteiger partial charge in [0.2, 0.25) is 0 Å². The summed E-state index contributed by atoms with van der Waals surface area (Å²) in [5.41, 5.74) is 0.730. The first kappa shape index (κ1) is 15.6. The van der Waals surface area contributed by atoms with Crippen LogP contribution in [-0.4, -0.2) is 23.5 Å². The topological polar surface area (TPSA) is 29.1 Å². The molecule has 4 heteroatoms. The third-order valence-electron chi connectivity index (χ3n) is 2.89. The van der Waals surface area contributed by atoms with Crippen molar-refractivity contribution >= 4 is 33.6 Å². The lowest BCUT2D eigenvalue weighted by Gasteiger charge is -2.21. The molecule has 0 aliphatic rings. The van der Waals surface area contributed by atoms with Crippen LogP contribution in [0.25, 0.3) is 0 Å². The second kappa shape index (κ2) is 7.85. The molecule has 1 unspecified atom stereocenters. The van der Waals surface area contributed by atoms with Crippen molar-refractivity contribution in [2.45, 2.75) is 31.2 Å². The lowest BCUT2D eigenvalue weighted by molar-refractivity contribution is 0.0925. The van der Waals surface area contributed by atoms with Gasteiger partial charge in [0, 0.05) is 21.8 Å². The Kier molecular flexibility index (Phi) is 6.79. The molecule has 0 fully saturated rings. The molecule has 1 amide bonds. The van der Waals surface area contributed by atoms with Crippen LogP contribution in [0, 0.1) is 5.92 Å². The van der Waals surface area contributed by atoms with Gasteiger partial charge in [0.15, 0.2) is 0 Å². The van der Waals surface area contributed by atoms with Gasteiger partial charge >= 0.3 is 0 Å². The van der Waals surface area contributed by atoms with Gasteiger partial charge in [-0.3, -0.25) is 4.79 Å². The van der Waals surface area contributed by atoms with Crippen molar-refractivity contribution in [3.63, 3.8) is 0 Å². The maximum atomic E-state index is 12.1. The average molecular weight is 330 g/mol. The molecule has 0 aliphatic carbocycles. The highest BCUT2D eigenvalue weighted by Crippen LogP contribution is 2.15. The van der Waals surface area contributed by atoms with Crippen LogP contribution in [0.5, 0.6) is 0 Å². The molecule has 0 heterocycles. The number of rotatable bonds is 6. The van der Waals surface area contributed by atoms with E-state index in [-0.39, 0.29) is 11.9 Å². The van der Waals surface area contributed by atoms with Crippen LogP contribution in [0.15, 0.2) is 29.2 Å². The first-order valence-corrected chi connectivity index (χ1v) is 8.44. The molecule has 0 saturated heterocycles. The Bertz CT molecular complexity index is 378. The van der Waals surface area contributed by atoms with E-state index in [1.807, 2.05) is 30.5 Å². The molecule has 0 aromatic heterocycles. The van der Waals surface area contributed by atoms with E-state index in [2.05, 4.69) is 35.1 Å². The van der Waals surface area contributed by atoms with E-state index < -0.39 is 0 Å². The minimum absolute atomic E-state index is 0.0160. The molecule has 0 bridgehead atoms. The van der Waals surface area contributed by atoms with Gasteiger partial charge in [0.1, 0.15) is 0 Å². The number of hydrogen-bond acceptors (Lipinski definition) is 2. The number of carbonyl (C=O) groups excluding carboxylic acids is 1. The van der Waals surface area contributed by atoms with Crippen molar-refractivity contribution in [1.82, 2.24) is 5.32 Å². The van der Waals surface area contributed by atoms with Gasteiger partial charge in [-0.25, -0.2) is 0 Å². The molecular formula is C14H20BrNOS. The Morgan fingerprint density at radius 1 is 1.33 bits per heavy atom. The summed E-state index contributed by atoms with van der Waals surface area (Å²) < 4.78 is 0. The summed E-state index contributed by atoms with van der Waals surface area (Å²) in [7, 11) is 0. The highest BCUT2D eigenvalue weighted by molar-refractivity contribution is 9.09. The number of alkyl halides is 1. The Morgan fingerprint density at radius 2 is 1.94 bits per heavy atom. The van der Waals surface area contributed by atoms with Crippen molar-refractivity contribution in [2.24, 2.45) is 5.92 Å². The van der Waals surface area contributed by atoms with Gasteiger partial charge in [0.05, 0.1) is 0 Å². The van der Waals surface area contributed by atoms with Crippen LogP contribution in [0.2, 0.25) is 0 Å². The SMILES string of the molecule is CSc1ccc(C(=O)NC(CCBr)C(C)C)cc1. The minimum atomic E-state index is 0.0160. The zero-order chi connectivity index (χ0) is 13.5. The molecular weight excluding hydrogens is 310 g/mol. The van der Waals surface area contributed by atoms with E-state index in [9.17, 15) is 4.79 Å². The standard InChI is InChI=1S/C14H20BrNOS/c1-10(2)13(8-9-15)16-14(17)11-4-6-12(18-3)7-5-11/h4-7,10,13H,8-9H2,1-3H3,(H,16,17). The lowest BCUT2D eigenvalue weighted by atomic mass is 10.0. The second-order valence-electron chi connectivity index (χ2n) is 4.53. The second-order valence-corrected chi connectivity index (χ2v) is 6.20. The van der Waals surface area contributed by atoms with Crippen LogP contribution in [0.3, 0.4) is 0 Å². The Balaban J connectivity index is 2.67. The zero-order valence-corrected chi connectivity index (χ0v) is 13.5. The van der Waals surface area contributed by atoms with Gasteiger partial charge < -0.3 is 5.32 Å². The van der Waals surface area contributed by atoms with Crippen LogP contribution in [0.4, 0.5) is 0 Å². The van der Waals surface area contributed by atoms with Gasteiger partial charge in [0.25, 0.3) is 5.91 Å². The first-order chi connectivity index (χ1) is 8.58. The van der Waals surface area contributed by atoms with Crippen molar-refractivity contribution < 1.29 is 4.79 Å². The third-order valence-corrected chi connectivity index (χ3v) is 4.09. The predicted octanol–water partition coefficient (Wildman–Crippen LogP) is 3.95. The first-order valence-electron chi connectivity index (χ1n) is 6.09. The Labute approximate surface area is 122 Å². The van der Waals surface area contributed by atoms with Crippen molar-refractivity contribution in [3.8, 4) is 0 Å². The smallest absolute Gasteiger partial charge is 0.251 e. The molecule has 0 spiro atoms. The van der Waals surface area contributed by atoms with Gasteiger partial charge in [-0.1, -0.05) is 29.8 Å². The number of amides is 1. The summed E-state index contributed by atoms with van der Waals surface area (Å²) in [4.78, 5) is 13.3. The number of nitrogens with one attached hydrogen (secondary N) is 1. The molecule has 1 rings (SSSR count). The summed E-state index contributed by atoms with van der Waals surface area (Å²) in [6.07, 6.45) is 2.98. The molecule has 0 saturated carbocycles. The summed E-state index contributed by atoms with van der Waals surface area (Å²) >= 11 is 5.11. The fourth-order valence-corrected chi connectivity index (χ4v) is 2.59. The van der Waals surface area contributed by atoms with Crippen LogP contribution in [-0.2, 0) is 0 Å². The summed E-state index contributed by atoms with van der Waals surface area (Å²) in [6.45, 7) is 4.26. The fourth-order valence-electron chi connectivity index (χ4n) is 1.68. The van der Waals surface area contributed by atoms with E-state index in [1.165, 1.54) is 4.90 Å². The molecule has 1 aromatic carbocycles. The molecule has 1 N–H and O–H groups in total. The number of carbonyl (C=O) groups is 1. The van der Waals surface area contributed by atoms with E-state index in [0.717, 1.165) is 17.3 Å². The molecule has 0 radical (unpaired) electrons. The van der Waals surface area contributed by atoms with Crippen LogP contribution >= 0.6 is 27.7 Å². The zero-order valence-electron chi connectivity index (χ0n) is 11.1. The van der Waals surface area contributed by atoms with Gasteiger partial charge in [-0.05, 0) is 42.9 Å². The van der Waals surface area contributed by atoms with E-state index in [0.29, 0.717) is 5.92 Å². The quantitative estimate of drug-likeness (QED) is 0.632. The molecule has 0 aliphatic heterocycles. The number of hydrogen-bond donors (Lipinski definition) is 1. The minimum Gasteiger partial charge on any atom is -0.349 e. The monoisotopic (exact) mass is 329 g/mol. The number of halogens is 1. The summed E-state index contributed by atoms with van der Waals surface area (Å²) in [5.74, 6) is 0.458. The molecule has 2 nitrogen and oxygen atoms in total. The van der Waals surface area contributed by atoms with Crippen molar-refractivity contribution in [1.29, 1.82) is 0 Å². The Morgan fingerprint density at radius 3 is 2.39 bits per heavy atom. The molecule has 1 atom stereocenters. The van der Waals surface area contributed by atoms with E-state index in [4.69, 9.17) is 0 Å². The maximum absolute atomic E-state index is 12.1. The largest absolute Gasteiger partial charge is 0.349 e. The van der Waals surface area contributed by atoms with Crippen LogP contribution in [0.1, 0.15) is 30.6 Å². The molecule has 18 heavy (non-hydrogen) atoms. The summed E-state index contributed by atoms with van der Waals surface area (Å²) in [6, 6.07) is 7.94. The van der Waals surface area contributed by atoms with E-state index in [1.54, 1.807) is 11.8 Å². The highest BCUT2D eigenvalue weighted by atomic mass is 79.9. The van der Waals surface area contributed by atoms with Gasteiger partial charge in [-0.2, -0.15) is 0 Å². The average Bonchev–Trinajstić information content (AvgIpc) is 2.38. The van der Waals surface area contributed by atoms with Crippen LogP contribution < -0.4 is 5.32 Å². The Hall–Kier alpha value is -0.480. The normalized spacial score (nSPS) is 12.5. The number of benzene rings is 1. The fraction of sp³-hybridized carbons (Fsp3) is 0.500. The van der Waals surface area contributed by atoms with E-state index >= 15 is 0 Å². The number of thioether (sulfide) groups is 1. The lowest BCUT2D eigenvalue weighted by Crippen LogP contribution is -2.38. The summed E-state index contributed by atoms with van der Waals surface area (Å²) in [5, 5.41) is 4.00. The van der Waals surface area contributed by atoms with Gasteiger partial charge in [-0.15, -0.1) is 11.8 Å². The highest BCUT2D eigenvalue weighted by Gasteiger charge is 2.16. The van der Waals surface area contributed by atoms with Crippen molar-refractivity contribution in [3.05, 3.63) is 29.8 Å².